The Kier molecular flexibility index (Phi) is 5.55. The number of aryl methyl sites for hydroxylation is 1. The number of carbonyl (C=O) groups is 1. The highest BCUT2D eigenvalue weighted by Crippen LogP contribution is 2.25. The van der Waals surface area contributed by atoms with Crippen molar-refractivity contribution in [3.05, 3.63) is 46.4 Å². The maximum Gasteiger partial charge on any atom is 0.270 e. The number of rotatable bonds is 5. The molecule has 1 heterocycles. The number of nitrogens with one attached hydrogen (secondary N) is 2. The van der Waals surface area contributed by atoms with E-state index in [0.29, 0.717) is 34.8 Å². The molecule has 1 amide bonds. The van der Waals surface area contributed by atoms with E-state index in [-0.39, 0.29) is 5.91 Å². The highest BCUT2D eigenvalue weighted by atomic mass is 35.5. The van der Waals surface area contributed by atoms with Crippen LogP contribution in [-0.4, -0.2) is 22.4 Å². The van der Waals surface area contributed by atoms with Gasteiger partial charge in [0.05, 0.1) is 0 Å². The Morgan fingerprint density at radius 3 is 2.70 bits per heavy atom. The largest absolute Gasteiger partial charge is 0.350 e. The van der Waals surface area contributed by atoms with Crippen LogP contribution in [0.4, 0.5) is 11.5 Å². The van der Waals surface area contributed by atoms with Crippen LogP contribution in [0.25, 0.3) is 0 Å². The lowest BCUT2D eigenvalue weighted by molar-refractivity contribution is 0.0943. The van der Waals surface area contributed by atoms with E-state index in [2.05, 4.69) is 20.6 Å². The van der Waals surface area contributed by atoms with Crippen molar-refractivity contribution >= 4 is 29.0 Å². The smallest absolute Gasteiger partial charge is 0.270 e. The number of carbonyl (C=O) groups excluding carboxylic acids is 1. The zero-order valence-corrected chi connectivity index (χ0v) is 14.5. The highest BCUT2D eigenvalue weighted by molar-refractivity contribution is 6.31. The number of nitrogens with zero attached hydrogens (tertiary/aromatic N) is 2. The molecule has 0 spiro atoms. The zero-order chi connectivity index (χ0) is 17.0. The quantitative estimate of drug-likeness (QED) is 0.872. The molecule has 1 aromatic carbocycles. The van der Waals surface area contributed by atoms with E-state index in [1.807, 2.05) is 39.0 Å². The molecule has 5 nitrogen and oxygen atoms in total. The topological polar surface area (TPSA) is 66.9 Å². The van der Waals surface area contributed by atoms with E-state index in [9.17, 15) is 4.79 Å². The molecule has 0 saturated heterocycles. The molecule has 2 aromatic rings. The molecule has 0 saturated carbocycles. The van der Waals surface area contributed by atoms with Gasteiger partial charge in [-0.3, -0.25) is 4.79 Å². The summed E-state index contributed by atoms with van der Waals surface area (Å²) in [5.74, 6) is 1.28. The molecule has 2 N–H and O–H groups in total. The van der Waals surface area contributed by atoms with Crippen molar-refractivity contribution < 1.29 is 4.79 Å². The van der Waals surface area contributed by atoms with Crippen LogP contribution in [0.15, 0.2) is 24.3 Å². The Labute approximate surface area is 141 Å². The monoisotopic (exact) mass is 332 g/mol. The summed E-state index contributed by atoms with van der Waals surface area (Å²) in [5, 5.41) is 6.73. The van der Waals surface area contributed by atoms with Crippen LogP contribution in [0, 0.1) is 19.8 Å². The van der Waals surface area contributed by atoms with Gasteiger partial charge in [-0.2, -0.15) is 0 Å². The molecule has 2 rings (SSSR count). The third-order valence-corrected chi connectivity index (χ3v) is 3.68. The molecule has 0 atom stereocenters. The Balaban J connectivity index is 2.23. The standard InChI is InChI=1S/C17H21ClN4O/c1-10(2)9-19-17(23)15-8-16(21-12(4)20-15)22-14-7-5-6-13(18)11(14)3/h5-8,10H,9H2,1-4H3,(H,19,23)(H,20,21,22). The van der Waals surface area contributed by atoms with Crippen molar-refractivity contribution in [1.82, 2.24) is 15.3 Å². The third-order valence-electron chi connectivity index (χ3n) is 3.27. The molecule has 0 aliphatic heterocycles. The molecule has 122 valence electrons. The van der Waals surface area contributed by atoms with Crippen molar-refractivity contribution in [2.24, 2.45) is 5.92 Å². The fraction of sp³-hybridized carbons (Fsp3) is 0.353. The van der Waals surface area contributed by atoms with Gasteiger partial charge in [-0.25, -0.2) is 9.97 Å². The van der Waals surface area contributed by atoms with Gasteiger partial charge >= 0.3 is 0 Å². The lowest BCUT2D eigenvalue weighted by Gasteiger charge is -2.12. The van der Waals surface area contributed by atoms with Crippen LogP contribution < -0.4 is 10.6 Å². The number of halogens is 1. The predicted octanol–water partition coefficient (Wildman–Crippen LogP) is 3.88. The fourth-order valence-electron chi connectivity index (χ4n) is 2.02. The van der Waals surface area contributed by atoms with Gasteiger partial charge in [0.15, 0.2) is 0 Å². The van der Waals surface area contributed by atoms with Gasteiger partial charge in [-0.05, 0) is 37.5 Å². The van der Waals surface area contributed by atoms with Crippen LogP contribution in [0.5, 0.6) is 0 Å². The van der Waals surface area contributed by atoms with Crippen molar-refractivity contribution in [1.29, 1.82) is 0 Å². The summed E-state index contributed by atoms with van der Waals surface area (Å²) in [7, 11) is 0. The minimum Gasteiger partial charge on any atom is -0.350 e. The summed E-state index contributed by atoms with van der Waals surface area (Å²) >= 11 is 6.13. The first-order valence-electron chi connectivity index (χ1n) is 7.53. The van der Waals surface area contributed by atoms with Crippen LogP contribution in [0.1, 0.15) is 35.7 Å². The van der Waals surface area contributed by atoms with E-state index in [0.717, 1.165) is 11.3 Å². The van der Waals surface area contributed by atoms with E-state index < -0.39 is 0 Å². The lowest BCUT2D eigenvalue weighted by atomic mass is 10.2. The summed E-state index contributed by atoms with van der Waals surface area (Å²) in [6.07, 6.45) is 0. The second kappa shape index (κ2) is 7.42. The first kappa shape index (κ1) is 17.2. The van der Waals surface area contributed by atoms with Gasteiger partial charge in [0.1, 0.15) is 17.3 Å². The van der Waals surface area contributed by atoms with Crippen molar-refractivity contribution in [3.8, 4) is 0 Å². The second-order valence-corrected chi connectivity index (χ2v) is 6.23. The Morgan fingerprint density at radius 2 is 2.00 bits per heavy atom. The average Bonchev–Trinajstić information content (AvgIpc) is 2.49. The molecule has 1 aromatic heterocycles. The zero-order valence-electron chi connectivity index (χ0n) is 13.8. The fourth-order valence-corrected chi connectivity index (χ4v) is 2.19. The van der Waals surface area contributed by atoms with E-state index in [1.54, 1.807) is 13.0 Å². The summed E-state index contributed by atoms with van der Waals surface area (Å²) in [6.45, 7) is 8.38. The maximum atomic E-state index is 12.2. The van der Waals surface area contributed by atoms with Crippen LogP contribution in [0.2, 0.25) is 5.02 Å². The lowest BCUT2D eigenvalue weighted by Crippen LogP contribution is -2.28. The Hall–Kier alpha value is -2.14. The minimum atomic E-state index is -0.199. The van der Waals surface area contributed by atoms with Crippen LogP contribution in [-0.2, 0) is 0 Å². The molecule has 6 heteroatoms. The van der Waals surface area contributed by atoms with Gasteiger partial charge in [0.2, 0.25) is 0 Å². The molecule has 0 unspecified atom stereocenters. The number of hydrogen-bond donors (Lipinski definition) is 2. The minimum absolute atomic E-state index is 0.199. The number of anilines is 2. The molecular formula is C17H21ClN4O. The molecule has 0 bridgehead atoms. The molecule has 0 radical (unpaired) electrons. The first-order valence-corrected chi connectivity index (χ1v) is 7.90. The number of benzene rings is 1. The Bertz CT molecular complexity index is 716. The van der Waals surface area contributed by atoms with Crippen molar-refractivity contribution in [2.75, 3.05) is 11.9 Å². The first-order chi connectivity index (χ1) is 10.9. The maximum absolute atomic E-state index is 12.2. The van der Waals surface area contributed by atoms with Gasteiger partial charge in [0, 0.05) is 23.3 Å². The molecule has 0 aliphatic rings. The van der Waals surface area contributed by atoms with E-state index in [4.69, 9.17) is 11.6 Å². The van der Waals surface area contributed by atoms with Gasteiger partial charge in [0.25, 0.3) is 5.91 Å². The van der Waals surface area contributed by atoms with E-state index in [1.165, 1.54) is 0 Å². The highest BCUT2D eigenvalue weighted by Gasteiger charge is 2.12. The number of amides is 1. The normalized spacial score (nSPS) is 10.7. The number of hydrogen-bond acceptors (Lipinski definition) is 4. The van der Waals surface area contributed by atoms with E-state index >= 15 is 0 Å². The molecular weight excluding hydrogens is 312 g/mol. The van der Waals surface area contributed by atoms with Crippen molar-refractivity contribution in [3.63, 3.8) is 0 Å². The van der Waals surface area contributed by atoms with Gasteiger partial charge < -0.3 is 10.6 Å². The SMILES string of the molecule is Cc1nc(Nc2cccc(Cl)c2C)cc(C(=O)NCC(C)C)n1. The number of aromatic nitrogens is 2. The molecule has 0 fully saturated rings. The summed E-state index contributed by atoms with van der Waals surface area (Å²) in [5.41, 5.74) is 2.13. The third kappa shape index (κ3) is 4.66. The summed E-state index contributed by atoms with van der Waals surface area (Å²) in [6, 6.07) is 7.25. The molecule has 0 aliphatic carbocycles. The summed E-state index contributed by atoms with van der Waals surface area (Å²) in [4.78, 5) is 20.7. The molecule has 23 heavy (non-hydrogen) atoms. The summed E-state index contributed by atoms with van der Waals surface area (Å²) < 4.78 is 0. The second-order valence-electron chi connectivity index (χ2n) is 5.83. The van der Waals surface area contributed by atoms with Crippen LogP contribution >= 0.6 is 11.6 Å². The van der Waals surface area contributed by atoms with Gasteiger partial charge in [-0.15, -0.1) is 0 Å². The average molecular weight is 333 g/mol. The Morgan fingerprint density at radius 1 is 1.26 bits per heavy atom. The van der Waals surface area contributed by atoms with Crippen molar-refractivity contribution in [2.45, 2.75) is 27.7 Å². The van der Waals surface area contributed by atoms with Crippen LogP contribution in [0.3, 0.4) is 0 Å². The van der Waals surface area contributed by atoms with Gasteiger partial charge in [-0.1, -0.05) is 31.5 Å². The predicted molar refractivity (Wildman–Crippen MR) is 93.4 cm³/mol.